The number of rotatable bonds is 6. The third-order valence-corrected chi connectivity index (χ3v) is 9.53. The molecule has 0 aliphatic heterocycles. The first-order valence-electron chi connectivity index (χ1n) is 17.0. The quantitative estimate of drug-likeness (QED) is 0.178. The molecule has 1 aliphatic rings. The number of hydrogen-bond donors (Lipinski definition) is 0. The van der Waals surface area contributed by atoms with Crippen LogP contribution in [0.15, 0.2) is 167 Å². The second kappa shape index (κ2) is 11.9. The summed E-state index contributed by atoms with van der Waals surface area (Å²) in [5.41, 5.74) is 15.5. The summed E-state index contributed by atoms with van der Waals surface area (Å²) in [5, 5.41) is 0. The van der Waals surface area contributed by atoms with E-state index >= 15 is 0 Å². The van der Waals surface area contributed by atoms with E-state index < -0.39 is 0 Å². The highest BCUT2D eigenvalue weighted by Crippen LogP contribution is 2.39. The Morgan fingerprint density at radius 3 is 1.35 bits per heavy atom. The molecule has 5 heteroatoms. The zero-order valence-electron chi connectivity index (χ0n) is 27.5. The third kappa shape index (κ3) is 5.42. The van der Waals surface area contributed by atoms with Crippen LogP contribution in [0.4, 0.5) is 0 Å². The normalized spacial score (nSPS) is 12.4. The van der Waals surface area contributed by atoms with Crippen molar-refractivity contribution in [2.24, 2.45) is 0 Å². The Labute approximate surface area is 294 Å². The fourth-order valence-corrected chi connectivity index (χ4v) is 6.92. The van der Waals surface area contributed by atoms with E-state index in [-0.39, 0.29) is 0 Å². The molecule has 9 aromatic rings. The van der Waals surface area contributed by atoms with Crippen LogP contribution in [0.25, 0.3) is 90.3 Å². The van der Waals surface area contributed by atoms with Gasteiger partial charge >= 0.3 is 0 Å². The lowest BCUT2D eigenvalue weighted by atomic mass is 9.96. The van der Waals surface area contributed by atoms with Crippen LogP contribution < -0.4 is 0 Å². The Morgan fingerprint density at radius 1 is 0.392 bits per heavy atom. The van der Waals surface area contributed by atoms with E-state index in [1.807, 2.05) is 91.0 Å². The number of pyridine rings is 3. The zero-order valence-corrected chi connectivity index (χ0v) is 27.5. The smallest absolute Gasteiger partial charge is 0.153 e. The van der Waals surface area contributed by atoms with Crippen molar-refractivity contribution < 1.29 is 8.83 Å². The van der Waals surface area contributed by atoms with Crippen molar-refractivity contribution in [2.45, 2.75) is 6.42 Å². The van der Waals surface area contributed by atoms with Crippen LogP contribution in [0.3, 0.4) is 0 Å². The van der Waals surface area contributed by atoms with Gasteiger partial charge in [0.25, 0.3) is 0 Å². The Balaban J connectivity index is 1.09. The Kier molecular flexibility index (Phi) is 6.81. The van der Waals surface area contributed by atoms with E-state index in [0.717, 1.165) is 96.3 Å². The van der Waals surface area contributed by atoms with Gasteiger partial charge in [-0.1, -0.05) is 97.1 Å². The molecule has 0 saturated heterocycles. The van der Waals surface area contributed by atoms with E-state index in [1.54, 1.807) is 0 Å². The van der Waals surface area contributed by atoms with Crippen molar-refractivity contribution in [3.63, 3.8) is 0 Å². The standard InChI is InChI=1S/C46H29N3O2/c1-4-10-29(11-5-1)37-17-16-32-22-34(26-40(32)47-37)33-23-35(45-27-41-43(50-45)20-18-38(48-41)30-12-6-2-7-13-30)25-36(24-33)46-28-42-44(51-46)21-19-39(49-42)31-14-8-3-9-15-31/h1-21,23-28H,22H2. The fourth-order valence-electron chi connectivity index (χ4n) is 6.92. The molecule has 1 aliphatic carbocycles. The summed E-state index contributed by atoms with van der Waals surface area (Å²) in [6.45, 7) is 0. The van der Waals surface area contributed by atoms with Gasteiger partial charge in [0.1, 0.15) is 22.6 Å². The molecule has 0 radical (unpaired) electrons. The number of nitrogens with zero attached hydrogens (tertiary/aromatic N) is 3. The number of furan rings is 2. The molecule has 4 aromatic carbocycles. The van der Waals surface area contributed by atoms with Gasteiger partial charge < -0.3 is 8.83 Å². The minimum absolute atomic E-state index is 0.739. The molecule has 51 heavy (non-hydrogen) atoms. The molecule has 0 unspecified atom stereocenters. The molecule has 0 saturated carbocycles. The summed E-state index contributed by atoms with van der Waals surface area (Å²) in [5.74, 6) is 1.49. The molecule has 5 heterocycles. The first kappa shape index (κ1) is 29.1. The summed E-state index contributed by atoms with van der Waals surface area (Å²) >= 11 is 0. The van der Waals surface area contributed by atoms with Gasteiger partial charge in [0.15, 0.2) is 11.2 Å². The van der Waals surface area contributed by atoms with Crippen molar-refractivity contribution in [3.8, 4) is 56.4 Å². The Morgan fingerprint density at radius 2 is 0.843 bits per heavy atom. The molecule has 0 amide bonds. The lowest BCUT2D eigenvalue weighted by molar-refractivity contribution is 0.628. The summed E-state index contributed by atoms with van der Waals surface area (Å²) in [4.78, 5) is 15.0. The molecule has 0 spiro atoms. The van der Waals surface area contributed by atoms with E-state index in [1.165, 1.54) is 11.1 Å². The van der Waals surface area contributed by atoms with E-state index in [0.29, 0.717) is 0 Å². The molecule has 5 nitrogen and oxygen atoms in total. The average Bonchev–Trinajstić information content (AvgIpc) is 3.95. The average molecular weight is 656 g/mol. The van der Waals surface area contributed by atoms with Crippen LogP contribution in [0.1, 0.15) is 16.8 Å². The van der Waals surface area contributed by atoms with E-state index in [2.05, 4.69) is 72.8 Å². The van der Waals surface area contributed by atoms with Gasteiger partial charge in [-0.25, -0.2) is 15.0 Å². The number of benzene rings is 4. The molecule has 0 atom stereocenters. The third-order valence-electron chi connectivity index (χ3n) is 9.53. The van der Waals surface area contributed by atoms with Crippen LogP contribution in [-0.4, -0.2) is 15.0 Å². The monoisotopic (exact) mass is 655 g/mol. The van der Waals surface area contributed by atoms with Gasteiger partial charge in [0, 0.05) is 46.4 Å². The highest BCUT2D eigenvalue weighted by Gasteiger charge is 2.20. The van der Waals surface area contributed by atoms with Crippen molar-refractivity contribution in [3.05, 3.63) is 175 Å². The predicted octanol–water partition coefficient (Wildman–Crippen LogP) is 11.8. The van der Waals surface area contributed by atoms with Gasteiger partial charge in [-0.2, -0.15) is 0 Å². The maximum absolute atomic E-state index is 6.47. The van der Waals surface area contributed by atoms with E-state index in [4.69, 9.17) is 23.8 Å². The van der Waals surface area contributed by atoms with Crippen molar-refractivity contribution in [2.75, 3.05) is 0 Å². The molecular formula is C46H29N3O2. The van der Waals surface area contributed by atoms with Crippen LogP contribution >= 0.6 is 0 Å². The molecule has 0 fully saturated rings. The number of aromatic nitrogens is 3. The maximum atomic E-state index is 6.47. The highest BCUT2D eigenvalue weighted by atomic mass is 16.3. The van der Waals surface area contributed by atoms with Crippen LogP contribution in [0.2, 0.25) is 0 Å². The minimum atomic E-state index is 0.739. The largest absolute Gasteiger partial charge is 0.454 e. The topological polar surface area (TPSA) is 65.0 Å². The van der Waals surface area contributed by atoms with Gasteiger partial charge in [-0.15, -0.1) is 0 Å². The highest BCUT2D eigenvalue weighted by molar-refractivity contribution is 5.92. The zero-order chi connectivity index (χ0) is 33.7. The summed E-state index contributed by atoms with van der Waals surface area (Å²) in [6, 6.07) is 53.6. The van der Waals surface area contributed by atoms with Gasteiger partial charge in [-0.3, -0.25) is 0 Å². The SMILES string of the molecule is C1=C(c2cc(-c3cc4nc(-c5ccccc5)ccc4o3)cc(-c3cc4nc(-c5ccccc5)ccc4o3)c2)Cc2ccc(-c3ccccc3)nc21. The summed E-state index contributed by atoms with van der Waals surface area (Å²) < 4.78 is 12.9. The number of allylic oxidation sites excluding steroid dienone is 1. The van der Waals surface area contributed by atoms with Crippen molar-refractivity contribution >= 4 is 33.8 Å². The second-order valence-corrected chi connectivity index (χ2v) is 12.9. The minimum Gasteiger partial charge on any atom is -0.454 e. The van der Waals surface area contributed by atoms with Gasteiger partial charge in [0.05, 0.1) is 22.8 Å². The molecule has 0 N–H and O–H groups in total. The van der Waals surface area contributed by atoms with E-state index in [9.17, 15) is 0 Å². The Bertz CT molecular complexity index is 2630. The molecule has 5 aromatic heterocycles. The van der Waals surface area contributed by atoms with Crippen molar-refractivity contribution in [1.29, 1.82) is 0 Å². The summed E-state index contributed by atoms with van der Waals surface area (Å²) in [7, 11) is 0. The molecular weight excluding hydrogens is 627 g/mol. The first-order valence-corrected chi connectivity index (χ1v) is 17.0. The van der Waals surface area contributed by atoms with Crippen LogP contribution in [0.5, 0.6) is 0 Å². The fraction of sp³-hybridized carbons (Fsp3) is 0.0217. The second-order valence-electron chi connectivity index (χ2n) is 12.9. The Hall–Kier alpha value is -6.85. The molecule has 0 bridgehead atoms. The lowest BCUT2D eigenvalue weighted by Crippen LogP contribution is -1.91. The maximum Gasteiger partial charge on any atom is 0.153 e. The van der Waals surface area contributed by atoms with Crippen molar-refractivity contribution in [1.82, 2.24) is 15.0 Å². The van der Waals surface area contributed by atoms with Gasteiger partial charge in [-0.05, 0) is 71.3 Å². The molecule has 10 rings (SSSR count). The van der Waals surface area contributed by atoms with Crippen LogP contribution in [0, 0.1) is 0 Å². The summed E-state index contributed by atoms with van der Waals surface area (Å²) in [6.07, 6.45) is 2.99. The first-order chi connectivity index (χ1) is 25.2. The predicted molar refractivity (Wildman–Crippen MR) is 205 cm³/mol. The lowest BCUT2D eigenvalue weighted by Gasteiger charge is -2.09. The number of fused-ring (bicyclic) bond motifs is 3. The van der Waals surface area contributed by atoms with Crippen LogP contribution in [-0.2, 0) is 6.42 Å². The number of hydrogen-bond acceptors (Lipinski definition) is 5. The molecule has 240 valence electrons. The van der Waals surface area contributed by atoms with Gasteiger partial charge in [0.2, 0.25) is 0 Å².